The average Bonchev–Trinajstić information content (AvgIpc) is 2.65. The number of hydrogen-bond acceptors (Lipinski definition) is 0. The molecule has 6 atom stereocenters. The summed E-state index contributed by atoms with van der Waals surface area (Å²) in [6, 6.07) is 2.27. The van der Waals surface area contributed by atoms with Crippen molar-refractivity contribution in [2.24, 2.45) is 17.3 Å². The van der Waals surface area contributed by atoms with Gasteiger partial charge in [0.15, 0.2) is 0 Å². The molecule has 0 aromatic rings. The summed E-state index contributed by atoms with van der Waals surface area (Å²) in [5.41, 5.74) is 0.397. The van der Waals surface area contributed by atoms with E-state index in [-0.39, 0.29) is 0 Å². The second-order valence-corrected chi connectivity index (χ2v) is 13.0. The number of halogens is 2. The van der Waals surface area contributed by atoms with Crippen LogP contribution >= 0.6 is 18.6 Å². The minimum absolute atomic E-state index is 0.397. The van der Waals surface area contributed by atoms with Crippen LogP contribution in [-0.2, 0) is 17.0 Å². The molecule has 3 aliphatic rings. The molecule has 0 bridgehead atoms. The molecule has 0 spiro atoms. The Morgan fingerprint density at radius 2 is 1.04 bits per heavy atom. The first-order valence-corrected chi connectivity index (χ1v) is 16.0. The van der Waals surface area contributed by atoms with Crippen LogP contribution in [0.25, 0.3) is 10.6 Å². The van der Waals surface area contributed by atoms with Crippen molar-refractivity contribution >= 4 is 18.6 Å². The van der Waals surface area contributed by atoms with E-state index in [0.717, 1.165) is 11.8 Å². The monoisotopic (exact) mass is 464 g/mol. The Bertz CT molecular complexity index is 429. The first kappa shape index (κ1) is 25.5. The van der Waals surface area contributed by atoms with Gasteiger partial charge in [-0.3, -0.25) is 0 Å². The molecule has 3 saturated carbocycles. The summed E-state index contributed by atoms with van der Waals surface area (Å²) in [4.78, 5) is 0. The van der Waals surface area contributed by atoms with Crippen LogP contribution in [0.4, 0.5) is 0 Å². The normalized spacial score (nSPS) is 36.9. The van der Waals surface area contributed by atoms with Gasteiger partial charge in [0.25, 0.3) is 0 Å². The van der Waals surface area contributed by atoms with Gasteiger partial charge in [0.1, 0.15) is 0 Å². The van der Waals surface area contributed by atoms with E-state index in [1.54, 1.807) is 0 Å². The summed E-state index contributed by atoms with van der Waals surface area (Å²) in [6.45, 7) is 9.72. The Morgan fingerprint density at radius 3 is 1.54 bits per heavy atom. The fraction of sp³-hybridized carbons (Fsp3) is 1.00. The van der Waals surface area contributed by atoms with Crippen molar-refractivity contribution in [1.82, 2.24) is 0 Å². The van der Waals surface area contributed by atoms with E-state index in [4.69, 9.17) is 29.2 Å². The molecule has 0 saturated heterocycles. The van der Waals surface area contributed by atoms with Crippen LogP contribution in [0.3, 0.4) is 0 Å². The maximum absolute atomic E-state index is 5.52. The van der Waals surface area contributed by atoms with Gasteiger partial charge in [-0.15, -0.1) is 12.1 Å². The second kappa shape index (κ2) is 12.9. The summed E-state index contributed by atoms with van der Waals surface area (Å²) in [5, 5.41) is 10.9. The summed E-state index contributed by atoms with van der Waals surface area (Å²) in [5.74, 6) is 1.57. The van der Waals surface area contributed by atoms with Crippen molar-refractivity contribution in [3.63, 3.8) is 0 Å². The number of nitrogens with zero attached hydrogens (tertiary/aromatic N) is 2. The van der Waals surface area contributed by atoms with Crippen LogP contribution in [-0.4, -0.2) is 24.2 Å². The summed E-state index contributed by atoms with van der Waals surface area (Å²) in [6.07, 6.45) is 16.4. The van der Waals surface area contributed by atoms with Crippen molar-refractivity contribution in [2.45, 2.75) is 129 Å². The molecule has 5 heteroatoms. The van der Waals surface area contributed by atoms with Crippen molar-refractivity contribution in [3.05, 3.63) is 10.6 Å². The van der Waals surface area contributed by atoms with Crippen molar-refractivity contribution in [2.75, 3.05) is 0 Å². The van der Waals surface area contributed by atoms with Crippen molar-refractivity contribution in [3.8, 4) is 0 Å². The molecule has 3 fully saturated rings. The van der Waals surface area contributed by atoms with Gasteiger partial charge in [0.2, 0.25) is 0 Å². The van der Waals surface area contributed by atoms with Gasteiger partial charge in [0, 0.05) is 0 Å². The van der Waals surface area contributed by atoms with E-state index in [9.17, 15) is 0 Å². The van der Waals surface area contributed by atoms with Gasteiger partial charge >= 0.3 is 35.6 Å². The molecular formula is C23H42Cl2N2Ti-2. The number of hydrogen-bond donors (Lipinski definition) is 0. The molecule has 28 heavy (non-hydrogen) atoms. The number of rotatable bonds is 4. The summed E-state index contributed by atoms with van der Waals surface area (Å²) >= 11 is -0.556. The molecule has 2 nitrogen and oxygen atoms in total. The topological polar surface area (TPSA) is 28.2 Å². The van der Waals surface area contributed by atoms with E-state index in [1.165, 1.54) is 77.0 Å². The third-order valence-corrected chi connectivity index (χ3v) is 7.37. The zero-order valence-corrected chi connectivity index (χ0v) is 21.7. The third kappa shape index (κ3) is 8.04. The second-order valence-electron chi connectivity index (χ2n) is 10.4. The predicted octanol–water partition coefficient (Wildman–Crippen LogP) is 8.61. The maximum atomic E-state index is 5.52. The van der Waals surface area contributed by atoms with Crippen LogP contribution in [0, 0.1) is 17.3 Å². The van der Waals surface area contributed by atoms with E-state index in [0.29, 0.717) is 29.6 Å². The van der Waals surface area contributed by atoms with E-state index in [2.05, 4.69) is 27.7 Å². The zero-order chi connectivity index (χ0) is 20.6. The molecule has 0 aromatic heterocycles. The van der Waals surface area contributed by atoms with E-state index in [1.807, 2.05) is 0 Å². The van der Waals surface area contributed by atoms with Crippen LogP contribution in [0.5, 0.6) is 0 Å². The molecule has 0 aliphatic heterocycles. The first-order chi connectivity index (χ1) is 13.4. The first-order valence-electron chi connectivity index (χ1n) is 11.7. The van der Waals surface area contributed by atoms with Gasteiger partial charge in [-0.2, -0.15) is 12.1 Å². The Kier molecular flexibility index (Phi) is 11.8. The third-order valence-electron chi connectivity index (χ3n) is 7.37. The molecule has 0 amide bonds. The van der Waals surface area contributed by atoms with Gasteiger partial charge in [0.05, 0.1) is 0 Å². The molecule has 6 unspecified atom stereocenters. The van der Waals surface area contributed by atoms with Gasteiger partial charge in [-0.05, 0) is 5.41 Å². The predicted molar refractivity (Wildman–Crippen MR) is 121 cm³/mol. The Labute approximate surface area is 191 Å². The van der Waals surface area contributed by atoms with Gasteiger partial charge in [-0.1, -0.05) is 117 Å². The van der Waals surface area contributed by atoms with Crippen LogP contribution in [0.15, 0.2) is 0 Å². The molecule has 3 aliphatic carbocycles. The summed E-state index contributed by atoms with van der Waals surface area (Å²) < 4.78 is 0. The molecule has 164 valence electrons. The standard InChI is InChI=1S/C23H42N2.2ClH.Ti/c1-17-11-5-7-13-19(17)24-21-15-9-10-16-22(21)25-20-14-8-6-12-18(20)23(2,3)4;;;/h17-22H,5-16H2,1-4H3;2*1H;/q-2;;;+2/p-2. The molecule has 3 rings (SSSR count). The SMILES string of the molecule is CC1CCCCC1[N-]C1CCCCC1[N-]C1CCCCC1C(C)(C)C.[Cl][Ti][Cl]. The van der Waals surface area contributed by atoms with Gasteiger partial charge in [-0.25, -0.2) is 0 Å². The van der Waals surface area contributed by atoms with E-state index < -0.39 is 17.0 Å². The van der Waals surface area contributed by atoms with Gasteiger partial charge < -0.3 is 10.6 Å². The Hall–Kier alpha value is 1.21. The Balaban J connectivity index is 0.000000878. The molecule has 0 radical (unpaired) electrons. The molecule has 0 N–H and O–H groups in total. The summed E-state index contributed by atoms with van der Waals surface area (Å²) in [7, 11) is 9.78. The molecule has 0 aromatic carbocycles. The van der Waals surface area contributed by atoms with Crippen molar-refractivity contribution < 1.29 is 17.0 Å². The zero-order valence-electron chi connectivity index (χ0n) is 18.6. The fourth-order valence-corrected chi connectivity index (χ4v) is 5.75. The fourth-order valence-electron chi connectivity index (χ4n) is 5.75. The average molecular weight is 465 g/mol. The van der Waals surface area contributed by atoms with Crippen LogP contribution in [0.2, 0.25) is 0 Å². The Morgan fingerprint density at radius 1 is 0.643 bits per heavy atom. The molecular weight excluding hydrogens is 423 g/mol. The van der Waals surface area contributed by atoms with Crippen molar-refractivity contribution in [1.29, 1.82) is 0 Å². The minimum atomic E-state index is -0.556. The van der Waals surface area contributed by atoms with E-state index >= 15 is 0 Å². The van der Waals surface area contributed by atoms with Crippen LogP contribution < -0.4 is 0 Å². The van der Waals surface area contributed by atoms with Crippen LogP contribution in [0.1, 0.15) is 105 Å². The molecule has 0 heterocycles. The quantitative estimate of drug-likeness (QED) is 0.372.